The van der Waals surface area contributed by atoms with Crippen molar-refractivity contribution in [3.8, 4) is 0 Å². The number of rotatable bonds is 2. The molecule has 0 N–H and O–H groups in total. The summed E-state index contributed by atoms with van der Waals surface area (Å²) in [5, 5.41) is 0. The van der Waals surface area contributed by atoms with Crippen molar-refractivity contribution < 1.29 is 0 Å². The maximum Gasteiger partial charge on any atom is 0.0644 e. The molecule has 2 aromatic rings. The van der Waals surface area contributed by atoms with Crippen LogP contribution in [0.2, 0.25) is 0 Å². The van der Waals surface area contributed by atoms with E-state index in [1.807, 2.05) is 0 Å². The average molecular weight is 405 g/mol. The zero-order valence-corrected chi connectivity index (χ0v) is 13.1. The Bertz CT molecular complexity index is 414. The lowest BCUT2D eigenvalue weighted by atomic mass is 10.1. The summed E-state index contributed by atoms with van der Waals surface area (Å²) in [6, 6.07) is 16.7. The van der Waals surface area contributed by atoms with Crippen LogP contribution in [0.5, 0.6) is 0 Å². The molecule has 0 aliphatic carbocycles. The Morgan fingerprint density at radius 3 is 1.25 bits per heavy atom. The van der Waals surface area contributed by atoms with Crippen molar-refractivity contribution in [2.24, 2.45) is 0 Å². The maximum atomic E-state index is 3.71. The average Bonchev–Trinajstić information content (AvgIpc) is 2.30. The standard InChI is InChI=1S/C13H9Br3/c14-11-5-1-9(2-6-11)13(16)10-3-7-12(15)8-4-10/h1-8,13H. The second-order valence-electron chi connectivity index (χ2n) is 3.47. The maximum absolute atomic E-state index is 3.71. The lowest BCUT2D eigenvalue weighted by Crippen LogP contribution is -1.91. The molecule has 0 unspecified atom stereocenters. The van der Waals surface area contributed by atoms with Gasteiger partial charge >= 0.3 is 0 Å². The SMILES string of the molecule is Brc1ccc(C(Br)c2ccc(Br)cc2)cc1. The third kappa shape index (κ3) is 2.96. The minimum absolute atomic E-state index is 0.244. The third-order valence-corrected chi connectivity index (χ3v) is 4.44. The summed E-state index contributed by atoms with van der Waals surface area (Å²) >= 11 is 10.6. The van der Waals surface area contributed by atoms with E-state index < -0.39 is 0 Å². The van der Waals surface area contributed by atoms with E-state index in [0.29, 0.717) is 0 Å². The molecule has 0 aliphatic heterocycles. The van der Waals surface area contributed by atoms with Crippen LogP contribution in [-0.2, 0) is 0 Å². The second-order valence-corrected chi connectivity index (χ2v) is 6.21. The first-order chi connectivity index (χ1) is 7.66. The zero-order valence-electron chi connectivity index (χ0n) is 8.33. The highest BCUT2D eigenvalue weighted by Gasteiger charge is 2.09. The first-order valence-corrected chi connectivity index (χ1v) is 7.32. The minimum atomic E-state index is 0.244. The quantitative estimate of drug-likeness (QED) is 0.563. The molecule has 0 spiro atoms. The molecule has 3 heteroatoms. The van der Waals surface area contributed by atoms with Crippen molar-refractivity contribution in [3.05, 3.63) is 68.6 Å². The van der Waals surface area contributed by atoms with Crippen LogP contribution < -0.4 is 0 Å². The van der Waals surface area contributed by atoms with Crippen LogP contribution in [0.1, 0.15) is 16.0 Å². The highest BCUT2D eigenvalue weighted by atomic mass is 79.9. The normalized spacial score (nSPS) is 10.8. The minimum Gasteiger partial charge on any atom is -0.0786 e. The Hall–Kier alpha value is -0.120. The smallest absolute Gasteiger partial charge is 0.0644 e. The molecule has 0 fully saturated rings. The van der Waals surface area contributed by atoms with Gasteiger partial charge in [0.25, 0.3) is 0 Å². The van der Waals surface area contributed by atoms with Gasteiger partial charge in [-0.25, -0.2) is 0 Å². The molecule has 0 aromatic heterocycles. The summed E-state index contributed by atoms with van der Waals surface area (Å²) in [6.45, 7) is 0. The molecule has 82 valence electrons. The van der Waals surface area contributed by atoms with Gasteiger partial charge in [0.15, 0.2) is 0 Å². The van der Waals surface area contributed by atoms with Crippen molar-refractivity contribution >= 4 is 47.8 Å². The Balaban J connectivity index is 2.28. The highest BCUT2D eigenvalue weighted by molar-refractivity contribution is 9.10. The van der Waals surface area contributed by atoms with Crippen LogP contribution in [0.15, 0.2) is 57.5 Å². The van der Waals surface area contributed by atoms with Gasteiger partial charge in [-0.05, 0) is 35.4 Å². The van der Waals surface area contributed by atoms with Gasteiger partial charge < -0.3 is 0 Å². The second kappa shape index (κ2) is 5.48. The van der Waals surface area contributed by atoms with E-state index in [-0.39, 0.29) is 4.83 Å². The molecule has 0 atom stereocenters. The summed E-state index contributed by atoms with van der Waals surface area (Å²) in [5.41, 5.74) is 2.51. The van der Waals surface area contributed by atoms with Crippen molar-refractivity contribution in [3.63, 3.8) is 0 Å². The third-order valence-electron chi connectivity index (χ3n) is 2.33. The van der Waals surface area contributed by atoms with Gasteiger partial charge in [0.2, 0.25) is 0 Å². The van der Waals surface area contributed by atoms with E-state index in [9.17, 15) is 0 Å². The molecule has 0 heterocycles. The Morgan fingerprint density at radius 1 is 0.625 bits per heavy atom. The van der Waals surface area contributed by atoms with Crippen LogP contribution in [0, 0.1) is 0 Å². The fourth-order valence-electron chi connectivity index (χ4n) is 1.46. The molecule has 2 rings (SSSR count). The lowest BCUT2D eigenvalue weighted by molar-refractivity contribution is 1.17. The van der Waals surface area contributed by atoms with Crippen molar-refractivity contribution in [2.75, 3.05) is 0 Å². The predicted molar refractivity (Wildman–Crippen MR) is 79.1 cm³/mol. The molecule has 0 radical (unpaired) electrons. The number of hydrogen-bond donors (Lipinski definition) is 0. The summed E-state index contributed by atoms with van der Waals surface area (Å²) in [7, 11) is 0. The fraction of sp³-hybridized carbons (Fsp3) is 0.0769. The molecule has 0 aliphatic rings. The first-order valence-electron chi connectivity index (χ1n) is 4.82. The van der Waals surface area contributed by atoms with Gasteiger partial charge in [0.05, 0.1) is 4.83 Å². The van der Waals surface area contributed by atoms with Gasteiger partial charge in [0.1, 0.15) is 0 Å². The Morgan fingerprint density at radius 2 is 0.938 bits per heavy atom. The number of hydrogen-bond acceptors (Lipinski definition) is 0. The van der Waals surface area contributed by atoms with Crippen LogP contribution in [0.3, 0.4) is 0 Å². The molecule has 0 amide bonds. The molecule has 2 aromatic carbocycles. The van der Waals surface area contributed by atoms with Crippen LogP contribution in [0.25, 0.3) is 0 Å². The molecule has 0 nitrogen and oxygen atoms in total. The molecule has 0 saturated heterocycles. The number of halogens is 3. The molecular weight excluding hydrogens is 396 g/mol. The van der Waals surface area contributed by atoms with Gasteiger partial charge in [-0.3, -0.25) is 0 Å². The van der Waals surface area contributed by atoms with E-state index in [4.69, 9.17) is 0 Å². The first kappa shape index (κ1) is 12.3. The number of alkyl halides is 1. The summed E-state index contributed by atoms with van der Waals surface area (Å²) < 4.78 is 2.21. The van der Waals surface area contributed by atoms with Crippen LogP contribution >= 0.6 is 47.8 Å². The van der Waals surface area contributed by atoms with Gasteiger partial charge in [-0.2, -0.15) is 0 Å². The summed E-state index contributed by atoms with van der Waals surface area (Å²) in [6.07, 6.45) is 0. The van der Waals surface area contributed by atoms with Crippen molar-refractivity contribution in [1.29, 1.82) is 0 Å². The fourth-order valence-corrected chi connectivity index (χ4v) is 2.60. The van der Waals surface area contributed by atoms with E-state index in [1.165, 1.54) is 11.1 Å². The molecule has 0 bridgehead atoms. The summed E-state index contributed by atoms with van der Waals surface area (Å²) in [4.78, 5) is 0.244. The number of benzene rings is 2. The molecule has 0 saturated carbocycles. The Labute approximate surface area is 120 Å². The lowest BCUT2D eigenvalue weighted by Gasteiger charge is -2.10. The van der Waals surface area contributed by atoms with Crippen molar-refractivity contribution in [1.82, 2.24) is 0 Å². The Kier molecular flexibility index (Phi) is 4.22. The monoisotopic (exact) mass is 402 g/mol. The van der Waals surface area contributed by atoms with E-state index >= 15 is 0 Å². The summed E-state index contributed by atoms with van der Waals surface area (Å²) in [5.74, 6) is 0. The van der Waals surface area contributed by atoms with Gasteiger partial charge in [-0.1, -0.05) is 72.1 Å². The van der Waals surface area contributed by atoms with Crippen molar-refractivity contribution in [2.45, 2.75) is 4.83 Å². The predicted octanol–water partition coefficient (Wildman–Crippen LogP) is 5.70. The van der Waals surface area contributed by atoms with E-state index in [1.54, 1.807) is 0 Å². The molecule has 16 heavy (non-hydrogen) atoms. The van der Waals surface area contributed by atoms with Gasteiger partial charge in [-0.15, -0.1) is 0 Å². The largest absolute Gasteiger partial charge is 0.0786 e. The van der Waals surface area contributed by atoms with Crippen LogP contribution in [-0.4, -0.2) is 0 Å². The zero-order chi connectivity index (χ0) is 11.5. The van der Waals surface area contributed by atoms with E-state index in [0.717, 1.165) is 8.95 Å². The highest BCUT2D eigenvalue weighted by Crippen LogP contribution is 2.31. The van der Waals surface area contributed by atoms with E-state index in [2.05, 4.69) is 96.3 Å². The van der Waals surface area contributed by atoms with Gasteiger partial charge in [0, 0.05) is 8.95 Å². The topological polar surface area (TPSA) is 0 Å². The molecular formula is C13H9Br3. The van der Waals surface area contributed by atoms with Crippen LogP contribution in [0.4, 0.5) is 0 Å².